The van der Waals surface area contributed by atoms with Gasteiger partial charge in [-0.25, -0.2) is 9.78 Å². The molecule has 7 nitrogen and oxygen atoms in total. The lowest BCUT2D eigenvalue weighted by Gasteiger charge is -2.01. The second kappa shape index (κ2) is 5.79. The summed E-state index contributed by atoms with van der Waals surface area (Å²) in [7, 11) is 1.64. The van der Waals surface area contributed by atoms with Gasteiger partial charge in [0.2, 0.25) is 5.89 Å². The molecule has 2 aromatic heterocycles. The Bertz CT molecular complexity index is 1150. The number of benzene rings is 2. The number of aromatic nitrogens is 2. The van der Waals surface area contributed by atoms with Crippen molar-refractivity contribution in [3.8, 4) is 0 Å². The van der Waals surface area contributed by atoms with Crippen LogP contribution in [0.15, 0.2) is 62.3 Å². The maximum Gasteiger partial charge on any atom is 0.419 e. The van der Waals surface area contributed by atoms with Crippen LogP contribution in [0.4, 0.5) is 5.69 Å². The van der Waals surface area contributed by atoms with Crippen molar-refractivity contribution < 1.29 is 13.6 Å². The van der Waals surface area contributed by atoms with Crippen LogP contribution in [0.1, 0.15) is 5.89 Å². The molecule has 7 heteroatoms. The molecule has 0 radical (unpaired) electrons. The van der Waals surface area contributed by atoms with E-state index in [9.17, 15) is 9.59 Å². The van der Waals surface area contributed by atoms with Crippen molar-refractivity contribution in [3.63, 3.8) is 0 Å². The molecule has 0 saturated carbocycles. The Morgan fingerprint density at radius 2 is 2.00 bits per heavy atom. The normalized spacial score (nSPS) is 12.0. The number of para-hydroxylation sites is 2. The molecule has 0 aliphatic carbocycles. The molecule has 0 fully saturated rings. The van der Waals surface area contributed by atoms with Gasteiger partial charge in [-0.3, -0.25) is 9.36 Å². The molecule has 0 aliphatic heterocycles. The van der Waals surface area contributed by atoms with Gasteiger partial charge in [0, 0.05) is 25.0 Å². The lowest BCUT2D eigenvalue weighted by atomic mass is 10.2. The number of aldehydes is 1. The van der Waals surface area contributed by atoms with Crippen LogP contribution in [0.25, 0.3) is 27.8 Å². The first-order valence-electron chi connectivity index (χ1n) is 7.53. The van der Waals surface area contributed by atoms with Gasteiger partial charge in [0.05, 0.1) is 11.1 Å². The molecule has 2 heterocycles. The number of hydrogen-bond acceptors (Lipinski definition) is 6. The lowest BCUT2D eigenvalue weighted by molar-refractivity contribution is -0.103. The Morgan fingerprint density at radius 1 is 1.16 bits per heavy atom. The first kappa shape index (κ1) is 14.9. The summed E-state index contributed by atoms with van der Waals surface area (Å²) >= 11 is 0. The number of nitrogens with zero attached hydrogens (tertiary/aromatic N) is 2. The van der Waals surface area contributed by atoms with Crippen molar-refractivity contribution in [1.29, 1.82) is 0 Å². The third-order valence-corrected chi connectivity index (χ3v) is 3.85. The highest BCUT2D eigenvalue weighted by Crippen LogP contribution is 2.21. The summed E-state index contributed by atoms with van der Waals surface area (Å²) in [6, 6.07) is 12.5. The van der Waals surface area contributed by atoms with Crippen molar-refractivity contribution in [2.45, 2.75) is 0 Å². The Hall–Kier alpha value is -3.61. The molecule has 25 heavy (non-hydrogen) atoms. The number of hydrogen-bond donors (Lipinski definition) is 1. The Labute approximate surface area is 141 Å². The summed E-state index contributed by atoms with van der Waals surface area (Å²) in [6.45, 7) is 0. The summed E-state index contributed by atoms with van der Waals surface area (Å²) in [4.78, 5) is 27.2. The van der Waals surface area contributed by atoms with Gasteiger partial charge in [0.15, 0.2) is 17.5 Å². The molecule has 1 N–H and O–H groups in total. The maximum absolute atomic E-state index is 11.5. The molecule has 124 valence electrons. The monoisotopic (exact) mass is 335 g/mol. The molecular formula is C18H13N3O4. The molecule has 0 saturated heterocycles. The van der Waals surface area contributed by atoms with E-state index in [0.717, 1.165) is 0 Å². The Balaban J connectivity index is 1.66. The third-order valence-electron chi connectivity index (χ3n) is 3.85. The standard InChI is InChI=1S/C18H13N3O4/c1-21-14-7-6-12(8-16(14)25-18(21)23)19-9-11(10-22)17-20-13-4-2-3-5-15(13)24-17/h2-10,19H,1H3. The number of aryl methyl sites for hydroxylation is 1. The first-order valence-corrected chi connectivity index (χ1v) is 7.53. The summed E-state index contributed by atoms with van der Waals surface area (Å²) < 4.78 is 12.1. The minimum Gasteiger partial charge on any atom is -0.436 e. The van der Waals surface area contributed by atoms with Crippen molar-refractivity contribution in [1.82, 2.24) is 9.55 Å². The summed E-state index contributed by atoms with van der Waals surface area (Å²) in [5, 5.41) is 2.99. The zero-order chi connectivity index (χ0) is 17.4. The van der Waals surface area contributed by atoms with Crippen molar-refractivity contribution in [2.75, 3.05) is 5.32 Å². The highest BCUT2D eigenvalue weighted by Gasteiger charge is 2.10. The SMILES string of the molecule is Cn1c(=O)oc2cc(NC=C(C=O)c3nc4ccccc4o3)ccc21. The molecule has 0 aliphatic rings. The molecule has 0 amide bonds. The minimum atomic E-state index is -0.428. The van der Waals surface area contributed by atoms with Gasteiger partial charge in [-0.1, -0.05) is 12.1 Å². The van der Waals surface area contributed by atoms with E-state index in [0.29, 0.717) is 34.2 Å². The molecule has 4 aromatic rings. The van der Waals surface area contributed by atoms with Crippen molar-refractivity contribution >= 4 is 39.7 Å². The molecule has 0 bridgehead atoms. The summed E-state index contributed by atoms with van der Waals surface area (Å²) in [6.07, 6.45) is 2.17. The van der Waals surface area contributed by atoms with Gasteiger partial charge in [-0.05, 0) is 24.3 Å². The summed E-state index contributed by atoms with van der Waals surface area (Å²) in [5.74, 6) is -0.196. The highest BCUT2D eigenvalue weighted by atomic mass is 16.4. The zero-order valence-corrected chi connectivity index (χ0v) is 13.2. The van der Waals surface area contributed by atoms with Gasteiger partial charge >= 0.3 is 5.76 Å². The van der Waals surface area contributed by atoms with E-state index in [1.54, 1.807) is 31.3 Å². The van der Waals surface area contributed by atoms with E-state index in [1.807, 2.05) is 18.2 Å². The Morgan fingerprint density at radius 3 is 2.80 bits per heavy atom. The minimum absolute atomic E-state index is 0.232. The van der Waals surface area contributed by atoms with E-state index in [4.69, 9.17) is 8.83 Å². The van der Waals surface area contributed by atoms with Crippen LogP contribution in [0, 0.1) is 0 Å². The number of allylic oxidation sites excluding steroid dienone is 1. The fourth-order valence-corrected chi connectivity index (χ4v) is 2.53. The third kappa shape index (κ3) is 2.61. The number of carbonyl (C=O) groups excluding carboxylic acids is 1. The predicted octanol–water partition coefficient (Wildman–Crippen LogP) is 2.92. The van der Waals surface area contributed by atoms with Crippen LogP contribution in [-0.4, -0.2) is 15.8 Å². The van der Waals surface area contributed by atoms with Crippen LogP contribution < -0.4 is 11.1 Å². The van der Waals surface area contributed by atoms with Crippen molar-refractivity contribution in [2.24, 2.45) is 7.05 Å². The van der Waals surface area contributed by atoms with Crippen LogP contribution in [0.2, 0.25) is 0 Å². The quantitative estimate of drug-likeness (QED) is 0.455. The average Bonchev–Trinajstić information content (AvgIpc) is 3.17. The van der Waals surface area contributed by atoms with Gasteiger partial charge in [-0.15, -0.1) is 0 Å². The van der Waals surface area contributed by atoms with Gasteiger partial charge in [-0.2, -0.15) is 0 Å². The second-order valence-corrected chi connectivity index (χ2v) is 5.46. The molecule has 0 spiro atoms. The topological polar surface area (TPSA) is 90.3 Å². The number of anilines is 1. The molecule has 4 rings (SSSR count). The van der Waals surface area contributed by atoms with E-state index in [2.05, 4.69) is 10.3 Å². The number of oxazole rings is 2. The number of nitrogens with one attached hydrogen (secondary N) is 1. The highest BCUT2D eigenvalue weighted by molar-refractivity contribution is 6.06. The predicted molar refractivity (Wildman–Crippen MR) is 93.1 cm³/mol. The number of fused-ring (bicyclic) bond motifs is 2. The second-order valence-electron chi connectivity index (χ2n) is 5.46. The van der Waals surface area contributed by atoms with E-state index in [-0.39, 0.29) is 11.5 Å². The zero-order valence-electron chi connectivity index (χ0n) is 13.2. The number of carbonyl (C=O) groups is 1. The fourth-order valence-electron chi connectivity index (χ4n) is 2.53. The lowest BCUT2D eigenvalue weighted by Crippen LogP contribution is -2.08. The van der Waals surface area contributed by atoms with E-state index in [1.165, 1.54) is 10.8 Å². The van der Waals surface area contributed by atoms with Gasteiger partial charge in [0.25, 0.3) is 0 Å². The van der Waals surface area contributed by atoms with Crippen LogP contribution in [0.5, 0.6) is 0 Å². The molecule has 0 atom stereocenters. The van der Waals surface area contributed by atoms with Crippen LogP contribution in [0.3, 0.4) is 0 Å². The van der Waals surface area contributed by atoms with E-state index < -0.39 is 5.76 Å². The van der Waals surface area contributed by atoms with Crippen LogP contribution in [-0.2, 0) is 11.8 Å². The van der Waals surface area contributed by atoms with E-state index >= 15 is 0 Å². The van der Waals surface area contributed by atoms with Crippen LogP contribution >= 0.6 is 0 Å². The summed E-state index contributed by atoms with van der Waals surface area (Å²) in [5.41, 5.74) is 3.37. The molecule has 2 aromatic carbocycles. The molecular weight excluding hydrogens is 322 g/mol. The molecule has 0 unspecified atom stereocenters. The maximum atomic E-state index is 11.5. The largest absolute Gasteiger partial charge is 0.436 e. The smallest absolute Gasteiger partial charge is 0.419 e. The van der Waals surface area contributed by atoms with Gasteiger partial charge in [0.1, 0.15) is 5.52 Å². The number of rotatable bonds is 4. The van der Waals surface area contributed by atoms with Gasteiger partial charge < -0.3 is 14.2 Å². The Kier molecular flexibility index (Phi) is 3.46. The fraction of sp³-hybridized carbons (Fsp3) is 0.0556. The average molecular weight is 335 g/mol. The first-order chi connectivity index (χ1) is 12.2. The van der Waals surface area contributed by atoms with Crippen molar-refractivity contribution in [3.05, 3.63) is 65.1 Å².